The summed E-state index contributed by atoms with van der Waals surface area (Å²) in [6.07, 6.45) is 2.21. The summed E-state index contributed by atoms with van der Waals surface area (Å²) in [6.45, 7) is 2.91. The first-order valence-electron chi connectivity index (χ1n) is 41.7. The minimum absolute atomic E-state index is 0. The third kappa shape index (κ3) is 18.5. The molecule has 0 aliphatic heterocycles. The van der Waals surface area contributed by atoms with E-state index in [-0.39, 0.29) is 97.1 Å². The van der Waals surface area contributed by atoms with Crippen LogP contribution in [0.25, 0.3) is 66.8 Å². The molecule has 139 heavy (non-hydrogen) atoms. The molecular formula is C109H68O30. The summed E-state index contributed by atoms with van der Waals surface area (Å²) >= 11 is 0. The first-order valence-corrected chi connectivity index (χ1v) is 41.7. The van der Waals surface area contributed by atoms with Crippen LogP contribution in [-0.4, -0.2) is 160 Å². The summed E-state index contributed by atoms with van der Waals surface area (Å²) in [5.41, 5.74) is 16.7. The smallest absolute Gasteiger partial charge is 0.346 e. The van der Waals surface area contributed by atoms with Gasteiger partial charge in [0.25, 0.3) is 0 Å². The Hall–Kier alpha value is -19.5. The van der Waals surface area contributed by atoms with E-state index < -0.39 is 89.4 Å². The Kier molecular flexibility index (Phi) is 26.2. The van der Waals surface area contributed by atoms with E-state index in [4.69, 9.17) is 50.3 Å². The molecule has 0 bridgehead atoms. The molecule has 684 valence electrons. The number of carboxylic acid groups (broad SMARTS) is 8. The van der Waals surface area contributed by atoms with Gasteiger partial charge in [0, 0.05) is 45.9 Å². The molecule has 30 heteroatoms. The largest absolute Gasteiger partial charge is 0.478 e. The van der Waals surface area contributed by atoms with Crippen molar-refractivity contribution in [2.45, 2.75) is 31.6 Å². The molecule has 0 heterocycles. The van der Waals surface area contributed by atoms with Crippen molar-refractivity contribution < 1.29 is 148 Å². The lowest BCUT2D eigenvalue weighted by atomic mass is 9.96. The molecule has 14 aromatic rings. The number of ether oxygens (including phenoxy) is 2. The van der Waals surface area contributed by atoms with Crippen LogP contribution in [0.1, 0.15) is 259 Å². The second-order valence-corrected chi connectivity index (χ2v) is 31.8. The average molecular weight is 1860 g/mol. The van der Waals surface area contributed by atoms with Gasteiger partial charge in [-0.3, -0.25) is 24.0 Å². The summed E-state index contributed by atoms with van der Waals surface area (Å²) in [5, 5.41) is 72.0. The fourth-order valence-corrected chi connectivity index (χ4v) is 16.9. The Balaban J connectivity index is 0.000000134. The van der Waals surface area contributed by atoms with Crippen LogP contribution in [0.5, 0.6) is 0 Å². The number of hydrogen-bond donors (Lipinski definition) is 8. The molecule has 20 rings (SSSR count). The molecule has 30 nitrogen and oxygen atoms in total. The first-order chi connectivity index (χ1) is 66.5. The van der Waals surface area contributed by atoms with Crippen molar-refractivity contribution in [3.05, 3.63) is 424 Å². The van der Waals surface area contributed by atoms with Crippen molar-refractivity contribution in [2.75, 3.05) is 0 Å². The van der Waals surface area contributed by atoms with Crippen molar-refractivity contribution in [2.24, 2.45) is 0 Å². The molecule has 0 spiro atoms. The quantitative estimate of drug-likeness (QED) is 0.0182. The maximum Gasteiger partial charge on any atom is 0.346 e. The topological polar surface area (TPSA) is 522 Å². The zero-order chi connectivity index (χ0) is 99.5. The summed E-state index contributed by atoms with van der Waals surface area (Å²) in [5.74, 6) is -14.8. The number of esters is 4. The van der Waals surface area contributed by atoms with E-state index in [0.717, 1.165) is 45.2 Å². The number of carbonyl (C=O) groups excluding carboxylic acids is 12. The number of ketones is 5. The maximum atomic E-state index is 12.8. The van der Waals surface area contributed by atoms with E-state index in [1.54, 1.807) is 164 Å². The first kappa shape index (κ1) is 94.1. The third-order valence-corrected chi connectivity index (χ3v) is 23.7. The minimum Gasteiger partial charge on any atom is -0.478 e. The van der Waals surface area contributed by atoms with Crippen molar-refractivity contribution >= 4 is 119 Å². The normalized spacial score (nSPS) is 12.4. The van der Waals surface area contributed by atoms with Gasteiger partial charge < -0.3 is 64.7 Å². The molecule has 0 radical (unpaired) electrons. The predicted molar refractivity (Wildman–Crippen MR) is 495 cm³/mol. The highest BCUT2D eigenvalue weighted by atomic mass is 16.6. The molecule has 0 aromatic heterocycles. The second kappa shape index (κ2) is 38.7. The number of benzene rings is 14. The minimum atomic E-state index is -1.11. The molecule has 8 N–H and O–H groups in total. The van der Waals surface area contributed by atoms with Gasteiger partial charge in [0.15, 0.2) is 28.9 Å². The molecule has 0 saturated heterocycles. The fourth-order valence-electron chi connectivity index (χ4n) is 16.9. The maximum absolute atomic E-state index is 12.8. The molecule has 1 unspecified atom stereocenters. The van der Waals surface area contributed by atoms with Crippen LogP contribution in [0.4, 0.5) is 0 Å². The molecule has 0 amide bonds. The molecule has 14 aromatic carbocycles. The van der Waals surface area contributed by atoms with E-state index in [2.05, 4.69) is 0 Å². The molecule has 0 fully saturated rings. The Morgan fingerprint density at radius 3 is 0.576 bits per heavy atom. The molecule has 6 aliphatic carbocycles. The van der Waals surface area contributed by atoms with Crippen molar-refractivity contribution in [3.8, 4) is 66.8 Å². The van der Waals surface area contributed by atoms with Crippen LogP contribution >= 0.6 is 0 Å². The van der Waals surface area contributed by atoms with Crippen LogP contribution in [0, 0.1) is 0 Å². The van der Waals surface area contributed by atoms with Gasteiger partial charge in [-0.15, -0.1) is 0 Å². The van der Waals surface area contributed by atoms with Gasteiger partial charge in [-0.25, -0.2) is 57.5 Å². The average Bonchev–Trinajstić information content (AvgIpc) is 1.65. The number of Topliss-reactive ketones (excluding diaryl/α,β-unsaturated/α-hetero) is 2. The standard InChI is InChI=1S/C24H16O5.C23H14O5.2C16H10O5.2C15H8O5.H2/c1-14(26)16-7-9-18-19-10-8-17(12-21(19)22(13-25)20(18)11-16)24(28)29-23(27)15-5-3-2-4-6-15;1-13(24)15-7-9-17-18-10-8-16(12-20(18)21(25)19(17)11-15)23(27)28-22(26)14-5-3-2-4-6-14;2*17-7-14-12-5-8(15(18)19)1-3-10(12)11-4-2-9(16(20)21)6-13(11)14;2*16-13-11-5-7(14(17)18)1-3-9(11)10-4-2-8(15(19)20)6-12(10)13;/h2-13,22H,1H3;2-12H,1H3;2*1-7,14H,(H,18,19)(H,20,21);2*1-6H,(H,17,18)(H,19,20);1H. The zero-order valence-corrected chi connectivity index (χ0v) is 72.1. The number of rotatable bonds is 17. The van der Waals surface area contributed by atoms with Crippen LogP contribution < -0.4 is 0 Å². The fraction of sp³-hybridized carbons (Fsp3) is 0.0459. The Bertz CT molecular complexity index is 7310. The number of fused-ring (bicyclic) bond motifs is 18. The number of aromatic carboxylic acids is 8. The van der Waals surface area contributed by atoms with Gasteiger partial charge >= 0.3 is 71.6 Å². The van der Waals surface area contributed by atoms with E-state index in [1.807, 2.05) is 6.07 Å². The number of aldehydes is 3. The molecule has 0 saturated carbocycles. The third-order valence-electron chi connectivity index (χ3n) is 23.7. The highest BCUT2D eigenvalue weighted by molar-refractivity contribution is 6.25. The van der Waals surface area contributed by atoms with E-state index in [1.165, 1.54) is 123 Å². The predicted octanol–water partition coefficient (Wildman–Crippen LogP) is 17.9. The van der Waals surface area contributed by atoms with Gasteiger partial charge in [0.05, 0.1) is 84.5 Å². The highest BCUT2D eigenvalue weighted by Crippen LogP contribution is 2.49. The van der Waals surface area contributed by atoms with E-state index in [9.17, 15) is 95.9 Å². The molecule has 6 aliphatic rings. The van der Waals surface area contributed by atoms with Crippen molar-refractivity contribution in [1.82, 2.24) is 0 Å². The summed E-state index contributed by atoms with van der Waals surface area (Å²) in [7, 11) is 0. The van der Waals surface area contributed by atoms with E-state index >= 15 is 0 Å². The Morgan fingerprint density at radius 1 is 0.201 bits per heavy atom. The second-order valence-electron chi connectivity index (χ2n) is 31.8. The number of carboxylic acids is 8. The van der Waals surface area contributed by atoms with Gasteiger partial charge in [0.2, 0.25) is 0 Å². The summed E-state index contributed by atoms with van der Waals surface area (Å²) < 4.78 is 9.88. The zero-order valence-electron chi connectivity index (χ0n) is 72.1. The summed E-state index contributed by atoms with van der Waals surface area (Å²) in [6, 6.07) is 71.7. The van der Waals surface area contributed by atoms with Gasteiger partial charge in [0.1, 0.15) is 18.9 Å². The van der Waals surface area contributed by atoms with Crippen molar-refractivity contribution in [1.29, 1.82) is 0 Å². The van der Waals surface area contributed by atoms with Crippen LogP contribution in [0.15, 0.2) is 279 Å². The van der Waals surface area contributed by atoms with Gasteiger partial charge in [-0.1, -0.05) is 121 Å². The highest BCUT2D eigenvalue weighted by Gasteiger charge is 2.37. The van der Waals surface area contributed by atoms with Gasteiger partial charge in [-0.05, 0) is 272 Å². The summed E-state index contributed by atoms with van der Waals surface area (Å²) in [4.78, 5) is 232. The number of hydrogen-bond acceptors (Lipinski definition) is 22. The van der Waals surface area contributed by atoms with Crippen LogP contribution in [0.3, 0.4) is 0 Å². The monoisotopic (exact) mass is 1860 g/mol. The number of carbonyl (C=O) groups is 20. The van der Waals surface area contributed by atoms with Crippen molar-refractivity contribution in [3.63, 3.8) is 0 Å². The van der Waals surface area contributed by atoms with Crippen LogP contribution in [-0.2, 0) is 23.9 Å². The lowest BCUT2D eigenvalue weighted by molar-refractivity contribution is -0.109. The SMILES string of the molecule is CC(=O)c1ccc2c(c1)C(=O)c1cc(C(=O)OC(=O)c3ccccc3)ccc1-2.CC(=O)c1ccc2c(c1)C(C=O)c1cc(C(=O)OC(=O)c3ccccc3)ccc1-2.O=C(O)c1ccc2c(c1)C(=O)c1cc(C(=O)O)ccc1-2.O=C(O)c1ccc2c(c1)C(=O)c1cc(C(=O)O)ccc1-2.O=CC1c2cc(C(=O)O)ccc2-c2ccc(C(=O)O)cc21.O=CC1c2cc(C(=O)O)ccc2-c2ccc(C(=O)O)cc21.[HH]. The Labute approximate surface area is 785 Å². The molecule has 1 atom stereocenters. The lowest BCUT2D eigenvalue weighted by Gasteiger charge is -2.08. The van der Waals surface area contributed by atoms with Crippen LogP contribution in [0.2, 0.25) is 0 Å². The Morgan fingerprint density at radius 2 is 0.360 bits per heavy atom. The van der Waals surface area contributed by atoms with Gasteiger partial charge in [-0.2, -0.15) is 0 Å². The van der Waals surface area contributed by atoms with E-state index in [0.29, 0.717) is 118 Å². The molecular weight excluding hydrogens is 1790 g/mol. The lowest BCUT2D eigenvalue weighted by Crippen LogP contribution is -2.13.